The Morgan fingerprint density at radius 2 is 2.16 bits per heavy atom. The normalized spacial score (nSPS) is 10.9. The van der Waals surface area contributed by atoms with Crippen molar-refractivity contribution in [3.8, 4) is 17.1 Å². The summed E-state index contributed by atoms with van der Waals surface area (Å²) in [6, 6.07) is 8.03. The number of benzene rings is 1. The molecule has 0 amide bonds. The van der Waals surface area contributed by atoms with Crippen molar-refractivity contribution in [3.63, 3.8) is 0 Å². The quantitative estimate of drug-likeness (QED) is 0.798. The molecule has 0 spiro atoms. The smallest absolute Gasteiger partial charge is 0.163 e. The van der Waals surface area contributed by atoms with E-state index in [0.717, 1.165) is 36.7 Å². The Labute approximate surface area is 114 Å². The number of rotatable bonds is 6. The van der Waals surface area contributed by atoms with Crippen molar-refractivity contribution in [2.75, 3.05) is 6.61 Å². The molecule has 4 heteroatoms. The fourth-order valence-corrected chi connectivity index (χ4v) is 1.95. The summed E-state index contributed by atoms with van der Waals surface area (Å²) in [6.07, 6.45) is 2.79. The molecular weight excluding hydrogens is 238 g/mol. The molecule has 1 aromatic heterocycles. The molecule has 0 radical (unpaired) electrons. The highest BCUT2D eigenvalue weighted by Crippen LogP contribution is 2.22. The van der Waals surface area contributed by atoms with Crippen LogP contribution in [0.2, 0.25) is 0 Å². The molecule has 0 atom stereocenters. The van der Waals surface area contributed by atoms with Gasteiger partial charge in [0, 0.05) is 12.1 Å². The average molecular weight is 259 g/mol. The molecule has 0 bridgehead atoms. The third kappa shape index (κ3) is 3.56. The van der Waals surface area contributed by atoms with Crippen LogP contribution in [0.1, 0.15) is 27.2 Å². The molecule has 1 aromatic carbocycles. The van der Waals surface area contributed by atoms with Crippen LogP contribution in [0.4, 0.5) is 0 Å². The van der Waals surface area contributed by atoms with Crippen molar-refractivity contribution in [2.24, 2.45) is 5.92 Å². The Kier molecular flexibility index (Phi) is 4.55. The summed E-state index contributed by atoms with van der Waals surface area (Å²) in [4.78, 5) is 0. The van der Waals surface area contributed by atoms with Crippen LogP contribution in [0.15, 0.2) is 30.6 Å². The monoisotopic (exact) mass is 259 g/mol. The van der Waals surface area contributed by atoms with Crippen LogP contribution in [-0.2, 0) is 6.54 Å². The zero-order valence-corrected chi connectivity index (χ0v) is 11.8. The summed E-state index contributed by atoms with van der Waals surface area (Å²) in [6.45, 7) is 8.13. The fourth-order valence-electron chi connectivity index (χ4n) is 1.95. The predicted molar refractivity (Wildman–Crippen MR) is 76.1 cm³/mol. The molecule has 1 heterocycles. The van der Waals surface area contributed by atoms with Crippen LogP contribution < -0.4 is 4.74 Å². The van der Waals surface area contributed by atoms with E-state index in [4.69, 9.17) is 4.74 Å². The molecular formula is C15H21N3O. The minimum Gasteiger partial charge on any atom is -0.494 e. The van der Waals surface area contributed by atoms with Crippen LogP contribution in [0.25, 0.3) is 11.4 Å². The Morgan fingerprint density at radius 1 is 1.32 bits per heavy atom. The van der Waals surface area contributed by atoms with Crippen molar-refractivity contribution >= 4 is 0 Å². The lowest BCUT2D eigenvalue weighted by Crippen LogP contribution is -2.05. The van der Waals surface area contributed by atoms with Gasteiger partial charge in [-0.05, 0) is 24.5 Å². The van der Waals surface area contributed by atoms with Gasteiger partial charge in [0.25, 0.3) is 0 Å². The number of hydrogen-bond acceptors (Lipinski definition) is 3. The third-order valence-electron chi connectivity index (χ3n) is 2.74. The Balaban J connectivity index is 2.23. The van der Waals surface area contributed by atoms with E-state index < -0.39 is 0 Å². The molecule has 0 aliphatic carbocycles. The van der Waals surface area contributed by atoms with Gasteiger partial charge in [0.05, 0.1) is 6.61 Å². The van der Waals surface area contributed by atoms with E-state index in [2.05, 4.69) is 35.5 Å². The van der Waals surface area contributed by atoms with Gasteiger partial charge in [-0.25, -0.2) is 0 Å². The van der Waals surface area contributed by atoms with Crippen LogP contribution in [0, 0.1) is 5.92 Å². The second-order valence-corrected chi connectivity index (χ2v) is 5.08. The minimum atomic E-state index is 0.564. The summed E-state index contributed by atoms with van der Waals surface area (Å²) in [5.74, 6) is 2.35. The molecule has 0 fully saturated rings. The summed E-state index contributed by atoms with van der Waals surface area (Å²) >= 11 is 0. The largest absolute Gasteiger partial charge is 0.494 e. The third-order valence-corrected chi connectivity index (χ3v) is 2.74. The van der Waals surface area contributed by atoms with E-state index in [9.17, 15) is 0 Å². The summed E-state index contributed by atoms with van der Waals surface area (Å²) in [5.41, 5.74) is 1.05. The molecule has 2 rings (SSSR count). The zero-order valence-electron chi connectivity index (χ0n) is 11.8. The molecule has 4 nitrogen and oxygen atoms in total. The Hall–Kier alpha value is -1.84. The predicted octanol–water partition coefficient (Wildman–Crippen LogP) is 3.39. The Bertz CT molecular complexity index is 520. The SMILES string of the molecule is CCCOc1cccc(-c2nncn2CC(C)C)c1. The molecule has 102 valence electrons. The van der Waals surface area contributed by atoms with E-state index in [1.54, 1.807) is 6.33 Å². The van der Waals surface area contributed by atoms with E-state index in [0.29, 0.717) is 5.92 Å². The lowest BCUT2D eigenvalue weighted by molar-refractivity contribution is 0.317. The first kappa shape index (κ1) is 13.6. The van der Waals surface area contributed by atoms with E-state index in [1.165, 1.54) is 0 Å². The molecule has 2 aromatic rings. The standard InChI is InChI=1S/C15H21N3O/c1-4-8-19-14-7-5-6-13(9-14)15-17-16-11-18(15)10-12(2)3/h5-7,9,11-12H,4,8,10H2,1-3H3. The average Bonchev–Trinajstić information content (AvgIpc) is 2.84. The molecule has 0 N–H and O–H groups in total. The number of ether oxygens (including phenoxy) is 1. The van der Waals surface area contributed by atoms with Crippen molar-refractivity contribution in [3.05, 3.63) is 30.6 Å². The highest BCUT2D eigenvalue weighted by atomic mass is 16.5. The van der Waals surface area contributed by atoms with Crippen LogP contribution in [0.3, 0.4) is 0 Å². The molecule has 0 saturated heterocycles. The molecule has 0 saturated carbocycles. The molecule has 0 unspecified atom stereocenters. The topological polar surface area (TPSA) is 39.9 Å². The number of nitrogens with zero attached hydrogens (tertiary/aromatic N) is 3. The van der Waals surface area contributed by atoms with E-state index in [1.807, 2.05) is 24.3 Å². The molecule has 0 aliphatic heterocycles. The van der Waals surface area contributed by atoms with Gasteiger partial charge < -0.3 is 9.30 Å². The maximum absolute atomic E-state index is 5.66. The number of aromatic nitrogens is 3. The van der Waals surface area contributed by atoms with Crippen LogP contribution >= 0.6 is 0 Å². The second-order valence-electron chi connectivity index (χ2n) is 5.08. The van der Waals surface area contributed by atoms with Crippen LogP contribution in [0.5, 0.6) is 5.75 Å². The maximum atomic E-state index is 5.66. The zero-order chi connectivity index (χ0) is 13.7. The van der Waals surface area contributed by atoms with Gasteiger partial charge in [0.15, 0.2) is 5.82 Å². The van der Waals surface area contributed by atoms with Crippen molar-refractivity contribution in [2.45, 2.75) is 33.7 Å². The van der Waals surface area contributed by atoms with Crippen molar-refractivity contribution in [1.29, 1.82) is 0 Å². The van der Waals surface area contributed by atoms with Gasteiger partial charge in [-0.2, -0.15) is 0 Å². The first-order valence-corrected chi connectivity index (χ1v) is 6.81. The second kappa shape index (κ2) is 6.36. The fraction of sp³-hybridized carbons (Fsp3) is 0.467. The van der Waals surface area contributed by atoms with Crippen LogP contribution in [-0.4, -0.2) is 21.4 Å². The summed E-state index contributed by atoms with van der Waals surface area (Å²) < 4.78 is 7.74. The van der Waals surface area contributed by atoms with Gasteiger partial charge >= 0.3 is 0 Å². The number of hydrogen-bond donors (Lipinski definition) is 0. The van der Waals surface area contributed by atoms with Gasteiger partial charge in [0.2, 0.25) is 0 Å². The summed E-state index contributed by atoms with van der Waals surface area (Å²) in [5, 5.41) is 8.23. The van der Waals surface area contributed by atoms with Gasteiger partial charge in [-0.3, -0.25) is 0 Å². The van der Waals surface area contributed by atoms with E-state index in [-0.39, 0.29) is 0 Å². The maximum Gasteiger partial charge on any atom is 0.163 e. The van der Waals surface area contributed by atoms with E-state index >= 15 is 0 Å². The van der Waals surface area contributed by atoms with Crippen molar-refractivity contribution in [1.82, 2.24) is 14.8 Å². The molecule has 0 aliphatic rings. The van der Waals surface area contributed by atoms with Gasteiger partial charge in [0.1, 0.15) is 12.1 Å². The Morgan fingerprint density at radius 3 is 2.89 bits per heavy atom. The van der Waals surface area contributed by atoms with Gasteiger partial charge in [-0.15, -0.1) is 10.2 Å². The molecule has 19 heavy (non-hydrogen) atoms. The lowest BCUT2D eigenvalue weighted by atomic mass is 10.2. The first-order valence-electron chi connectivity index (χ1n) is 6.81. The highest BCUT2D eigenvalue weighted by molar-refractivity contribution is 5.57. The lowest BCUT2D eigenvalue weighted by Gasteiger charge is -2.10. The minimum absolute atomic E-state index is 0.564. The summed E-state index contributed by atoms with van der Waals surface area (Å²) in [7, 11) is 0. The van der Waals surface area contributed by atoms with Gasteiger partial charge in [-0.1, -0.05) is 32.9 Å². The highest BCUT2D eigenvalue weighted by Gasteiger charge is 2.09. The van der Waals surface area contributed by atoms with Crippen molar-refractivity contribution < 1.29 is 4.74 Å². The first-order chi connectivity index (χ1) is 9.20.